The molecule has 0 saturated heterocycles. The monoisotopic (exact) mass is 350 g/mol. The van der Waals surface area contributed by atoms with Crippen molar-refractivity contribution in [3.8, 4) is 0 Å². The second-order valence-electron chi connectivity index (χ2n) is 5.64. The van der Waals surface area contributed by atoms with Gasteiger partial charge in [-0.1, -0.05) is 6.58 Å². The van der Waals surface area contributed by atoms with Gasteiger partial charge in [-0.2, -0.15) is 0 Å². The predicted molar refractivity (Wildman–Crippen MR) is 107 cm³/mol. The third-order valence-corrected chi connectivity index (χ3v) is 4.21. The van der Waals surface area contributed by atoms with Gasteiger partial charge in [0.1, 0.15) is 17.4 Å². The zero-order valence-electron chi connectivity index (χ0n) is 15.6. The first-order valence-electron chi connectivity index (χ1n) is 8.77. The van der Waals surface area contributed by atoms with Gasteiger partial charge in [-0.05, 0) is 38.3 Å². The number of allylic oxidation sites excluding steroid dienone is 1. The molecule has 0 amide bonds. The lowest BCUT2D eigenvalue weighted by Crippen LogP contribution is -2.27. The van der Waals surface area contributed by atoms with Crippen molar-refractivity contribution in [1.29, 1.82) is 0 Å². The molecule has 0 N–H and O–H groups in total. The molecular formula is C20H26N6. The maximum absolute atomic E-state index is 4.81. The Morgan fingerprint density at radius 2 is 1.96 bits per heavy atom. The summed E-state index contributed by atoms with van der Waals surface area (Å²) in [6.45, 7) is 13.4. The molecule has 1 aliphatic rings. The van der Waals surface area contributed by atoms with Gasteiger partial charge in [-0.25, -0.2) is 19.9 Å². The van der Waals surface area contributed by atoms with E-state index < -0.39 is 0 Å². The molecule has 2 aromatic rings. The van der Waals surface area contributed by atoms with Crippen LogP contribution in [0.5, 0.6) is 0 Å². The molecule has 0 fully saturated rings. The number of hydrogen-bond donors (Lipinski definition) is 0. The SMILES string of the molecule is C=C.C=CC(=NC)c1nc2c(c(N(CC)Cc3ncccn3)n1)CCC2. The molecule has 2 aromatic heterocycles. The Morgan fingerprint density at radius 1 is 1.23 bits per heavy atom. The van der Waals surface area contributed by atoms with Crippen molar-refractivity contribution in [2.75, 3.05) is 18.5 Å². The lowest BCUT2D eigenvalue weighted by atomic mass is 10.2. The van der Waals surface area contributed by atoms with Gasteiger partial charge in [0.05, 0.1) is 6.54 Å². The molecule has 0 saturated carbocycles. The van der Waals surface area contributed by atoms with E-state index in [1.54, 1.807) is 25.5 Å². The number of aliphatic imine (C=N–C) groups is 1. The van der Waals surface area contributed by atoms with Gasteiger partial charge >= 0.3 is 0 Å². The van der Waals surface area contributed by atoms with Gasteiger partial charge in [0.2, 0.25) is 0 Å². The maximum Gasteiger partial charge on any atom is 0.179 e. The minimum Gasteiger partial charge on any atom is -0.349 e. The molecule has 1 aliphatic carbocycles. The summed E-state index contributed by atoms with van der Waals surface area (Å²) in [4.78, 5) is 24.7. The Hall–Kier alpha value is -2.89. The van der Waals surface area contributed by atoms with Crippen molar-refractivity contribution in [2.45, 2.75) is 32.7 Å². The van der Waals surface area contributed by atoms with Gasteiger partial charge in [0.15, 0.2) is 5.82 Å². The molecule has 0 bridgehead atoms. The lowest BCUT2D eigenvalue weighted by Gasteiger charge is -2.24. The van der Waals surface area contributed by atoms with Gasteiger partial charge in [0, 0.05) is 37.2 Å². The highest BCUT2D eigenvalue weighted by Gasteiger charge is 2.23. The fourth-order valence-corrected chi connectivity index (χ4v) is 2.99. The van der Waals surface area contributed by atoms with E-state index in [0.29, 0.717) is 12.4 Å². The van der Waals surface area contributed by atoms with Crippen molar-refractivity contribution < 1.29 is 0 Å². The highest BCUT2D eigenvalue weighted by Crippen LogP contribution is 2.29. The average Bonchev–Trinajstić information content (AvgIpc) is 3.18. The number of rotatable bonds is 6. The summed E-state index contributed by atoms with van der Waals surface area (Å²) in [5, 5.41) is 0. The summed E-state index contributed by atoms with van der Waals surface area (Å²) in [5.74, 6) is 2.42. The Kier molecular flexibility index (Phi) is 7.14. The molecule has 2 heterocycles. The van der Waals surface area contributed by atoms with E-state index in [2.05, 4.69) is 46.5 Å². The number of anilines is 1. The van der Waals surface area contributed by atoms with Gasteiger partial charge in [0.25, 0.3) is 0 Å². The first kappa shape index (κ1) is 19.4. The van der Waals surface area contributed by atoms with Crippen LogP contribution in [-0.4, -0.2) is 39.2 Å². The van der Waals surface area contributed by atoms with E-state index >= 15 is 0 Å². The highest BCUT2D eigenvalue weighted by molar-refractivity contribution is 6.05. The molecule has 0 aliphatic heterocycles. The smallest absolute Gasteiger partial charge is 0.179 e. The Labute approximate surface area is 155 Å². The molecule has 3 rings (SSSR count). The molecule has 26 heavy (non-hydrogen) atoms. The van der Waals surface area contributed by atoms with Gasteiger partial charge < -0.3 is 4.90 Å². The van der Waals surface area contributed by atoms with Crippen LogP contribution in [0.1, 0.15) is 36.3 Å². The largest absolute Gasteiger partial charge is 0.349 e. The van der Waals surface area contributed by atoms with Crippen LogP contribution in [0, 0.1) is 0 Å². The fraction of sp³-hybridized carbons (Fsp3) is 0.350. The molecule has 0 unspecified atom stereocenters. The van der Waals surface area contributed by atoms with Crippen molar-refractivity contribution >= 4 is 11.5 Å². The summed E-state index contributed by atoms with van der Waals surface area (Å²) >= 11 is 0. The third kappa shape index (κ3) is 4.20. The summed E-state index contributed by atoms with van der Waals surface area (Å²) in [6.07, 6.45) is 8.37. The van der Waals surface area contributed by atoms with Crippen molar-refractivity contribution in [3.05, 3.63) is 67.2 Å². The number of aryl methyl sites for hydroxylation is 1. The van der Waals surface area contributed by atoms with E-state index in [1.165, 1.54) is 5.56 Å². The Bertz CT molecular complexity index is 769. The van der Waals surface area contributed by atoms with Gasteiger partial charge in [-0.15, -0.1) is 13.2 Å². The molecule has 6 heteroatoms. The number of nitrogens with zero attached hydrogens (tertiary/aromatic N) is 6. The summed E-state index contributed by atoms with van der Waals surface area (Å²) in [6, 6.07) is 1.83. The van der Waals surface area contributed by atoms with Crippen LogP contribution in [0.25, 0.3) is 0 Å². The van der Waals surface area contributed by atoms with Crippen molar-refractivity contribution in [1.82, 2.24) is 19.9 Å². The summed E-state index contributed by atoms with van der Waals surface area (Å²) in [5.41, 5.74) is 3.10. The van der Waals surface area contributed by atoms with E-state index in [-0.39, 0.29) is 0 Å². The molecule has 0 atom stereocenters. The molecule has 0 radical (unpaired) electrons. The molecule has 0 aromatic carbocycles. The van der Waals surface area contributed by atoms with Crippen molar-refractivity contribution in [3.63, 3.8) is 0 Å². The minimum atomic E-state index is 0.632. The van der Waals surface area contributed by atoms with E-state index in [1.807, 2.05) is 6.07 Å². The topological polar surface area (TPSA) is 67.2 Å². The first-order chi connectivity index (χ1) is 12.8. The fourth-order valence-electron chi connectivity index (χ4n) is 2.99. The highest BCUT2D eigenvalue weighted by atomic mass is 15.2. The van der Waals surface area contributed by atoms with Crippen LogP contribution in [0.2, 0.25) is 0 Å². The van der Waals surface area contributed by atoms with Crippen LogP contribution in [0.15, 0.2) is 49.3 Å². The van der Waals surface area contributed by atoms with Crippen LogP contribution in [0.3, 0.4) is 0 Å². The predicted octanol–water partition coefficient (Wildman–Crippen LogP) is 3.19. The van der Waals surface area contributed by atoms with E-state index in [9.17, 15) is 0 Å². The molecule has 6 nitrogen and oxygen atoms in total. The second kappa shape index (κ2) is 9.56. The average molecular weight is 350 g/mol. The summed E-state index contributed by atoms with van der Waals surface area (Å²) < 4.78 is 0. The third-order valence-electron chi connectivity index (χ3n) is 4.21. The molecule has 136 valence electrons. The number of hydrogen-bond acceptors (Lipinski definition) is 6. The Morgan fingerprint density at radius 3 is 2.58 bits per heavy atom. The van der Waals surface area contributed by atoms with Crippen molar-refractivity contribution in [2.24, 2.45) is 4.99 Å². The first-order valence-corrected chi connectivity index (χ1v) is 8.77. The Balaban J connectivity index is 0.00000117. The molecule has 0 spiro atoms. The normalized spacial score (nSPS) is 12.8. The van der Waals surface area contributed by atoms with E-state index in [0.717, 1.165) is 48.9 Å². The van der Waals surface area contributed by atoms with Crippen LogP contribution in [0.4, 0.5) is 5.82 Å². The zero-order valence-corrected chi connectivity index (χ0v) is 15.6. The minimum absolute atomic E-state index is 0.632. The lowest BCUT2D eigenvalue weighted by molar-refractivity contribution is 0.757. The quantitative estimate of drug-likeness (QED) is 0.591. The zero-order chi connectivity index (χ0) is 18.9. The maximum atomic E-state index is 4.81. The van der Waals surface area contributed by atoms with Crippen LogP contribution < -0.4 is 4.90 Å². The van der Waals surface area contributed by atoms with Crippen LogP contribution >= 0.6 is 0 Å². The standard InChI is InChI=1S/C18H22N6.C2H4/c1-4-14(19-3)17-22-15-9-6-8-13(15)18(23-17)24(5-2)12-16-20-10-7-11-21-16;1-2/h4,7,10-11H,1,5-6,8-9,12H2,2-3H3;1-2H2. The number of aromatic nitrogens is 4. The molecular weight excluding hydrogens is 324 g/mol. The number of fused-ring (bicyclic) bond motifs is 1. The van der Waals surface area contributed by atoms with Crippen LogP contribution in [-0.2, 0) is 19.4 Å². The second-order valence-corrected chi connectivity index (χ2v) is 5.64. The van der Waals surface area contributed by atoms with Gasteiger partial charge in [-0.3, -0.25) is 4.99 Å². The van der Waals surface area contributed by atoms with E-state index in [4.69, 9.17) is 9.97 Å². The summed E-state index contributed by atoms with van der Waals surface area (Å²) in [7, 11) is 1.74.